The Kier molecular flexibility index (Phi) is 4.42. The largest absolute Gasteiger partial charge is 0.480 e. The Morgan fingerprint density at radius 1 is 1.60 bits per heavy atom. The minimum absolute atomic E-state index is 0.934. The third-order valence-electron chi connectivity index (χ3n) is 0.920. The first-order chi connectivity index (χ1) is 4.46. The molecule has 4 nitrogen and oxygen atoms in total. The van der Waals surface area contributed by atoms with E-state index in [1.165, 1.54) is 6.92 Å². The number of aliphatic carboxylic acids is 1. The molecule has 2 atom stereocenters. The highest BCUT2D eigenvalue weighted by Gasteiger charge is 2.27. The van der Waals surface area contributed by atoms with Gasteiger partial charge in [0, 0.05) is 32.3 Å². The molecule has 0 saturated heterocycles. The Labute approximate surface area is 75.5 Å². The first-order valence-corrected chi connectivity index (χ1v) is 3.90. The summed E-state index contributed by atoms with van der Waals surface area (Å²) in [6.45, 7) is 1.40. The van der Waals surface area contributed by atoms with Gasteiger partial charge in [-0.15, -0.1) is 0 Å². The van der Waals surface area contributed by atoms with Gasteiger partial charge in [0.1, 0.15) is 0 Å². The van der Waals surface area contributed by atoms with Crippen molar-refractivity contribution in [2.24, 2.45) is 0 Å². The maximum absolute atomic E-state index is 10.3. The predicted molar refractivity (Wildman–Crippen MR) is 42.8 cm³/mol. The van der Waals surface area contributed by atoms with Gasteiger partial charge in [-0.1, -0.05) is 0 Å². The van der Waals surface area contributed by atoms with Gasteiger partial charge in [0.05, 0.1) is 6.10 Å². The van der Waals surface area contributed by atoms with E-state index in [-0.39, 0.29) is 0 Å². The van der Waals surface area contributed by atoms with Crippen molar-refractivity contribution in [3.05, 3.63) is 0 Å². The van der Waals surface area contributed by atoms with Crippen molar-refractivity contribution in [3.8, 4) is 0 Å². The fraction of sp³-hybridized carbons (Fsp3) is 0.750. The second kappa shape index (κ2) is 4.27. The van der Waals surface area contributed by atoms with Gasteiger partial charge in [-0.3, -0.25) is 4.79 Å². The van der Waals surface area contributed by atoms with Crippen LogP contribution in [-0.2, 0) is 4.79 Å². The van der Waals surface area contributed by atoms with Crippen LogP contribution in [0.15, 0.2) is 0 Å². The SMILES string of the molecule is C[C@@H](O)[C@@H](C(=O)O)N(Br)Br. The van der Waals surface area contributed by atoms with Crippen LogP contribution < -0.4 is 0 Å². The number of carboxylic acids is 1. The van der Waals surface area contributed by atoms with Crippen molar-refractivity contribution in [1.82, 2.24) is 2.95 Å². The molecule has 6 heteroatoms. The summed E-state index contributed by atoms with van der Waals surface area (Å²) in [6, 6.07) is -0.972. The van der Waals surface area contributed by atoms with Crippen LogP contribution in [0, 0.1) is 0 Å². The Bertz CT molecular complexity index is 120. The number of rotatable bonds is 3. The van der Waals surface area contributed by atoms with Crippen LogP contribution in [0.25, 0.3) is 0 Å². The van der Waals surface area contributed by atoms with E-state index in [2.05, 4.69) is 32.3 Å². The molecule has 0 aromatic rings. The molecular formula is C4H7Br2NO3. The van der Waals surface area contributed by atoms with E-state index < -0.39 is 18.1 Å². The van der Waals surface area contributed by atoms with Gasteiger partial charge in [-0.2, -0.15) is 2.95 Å². The predicted octanol–water partition coefficient (Wildman–Crippen LogP) is 0.742. The Balaban J connectivity index is 4.12. The van der Waals surface area contributed by atoms with Gasteiger partial charge in [0.25, 0.3) is 0 Å². The average molecular weight is 277 g/mol. The van der Waals surface area contributed by atoms with E-state index in [1.54, 1.807) is 0 Å². The van der Waals surface area contributed by atoms with Crippen LogP contribution in [0.5, 0.6) is 0 Å². The molecule has 0 rings (SSSR count). The van der Waals surface area contributed by atoms with E-state index >= 15 is 0 Å². The summed E-state index contributed by atoms with van der Waals surface area (Å²) in [7, 11) is 0. The molecule has 0 bridgehead atoms. The summed E-state index contributed by atoms with van der Waals surface area (Å²) in [5.41, 5.74) is 0. The maximum Gasteiger partial charge on any atom is 0.325 e. The molecule has 0 aliphatic carbocycles. The van der Waals surface area contributed by atoms with Crippen LogP contribution in [0.4, 0.5) is 0 Å². The summed E-state index contributed by atoms with van der Waals surface area (Å²) >= 11 is 5.70. The lowest BCUT2D eigenvalue weighted by Crippen LogP contribution is -2.38. The number of halogens is 2. The second-order valence-electron chi connectivity index (χ2n) is 1.78. The lowest BCUT2D eigenvalue weighted by Gasteiger charge is -2.17. The summed E-state index contributed by atoms with van der Waals surface area (Å²) < 4.78 is 1.09. The third-order valence-corrected chi connectivity index (χ3v) is 1.80. The first kappa shape index (κ1) is 10.3. The Hall–Kier alpha value is 0.350. The van der Waals surface area contributed by atoms with Crippen molar-refractivity contribution in [2.75, 3.05) is 0 Å². The Morgan fingerprint density at radius 2 is 2.00 bits per heavy atom. The number of nitrogens with zero attached hydrogens (tertiary/aromatic N) is 1. The molecule has 0 unspecified atom stereocenters. The molecule has 0 fully saturated rings. The topological polar surface area (TPSA) is 60.8 Å². The zero-order valence-electron chi connectivity index (χ0n) is 5.16. The Morgan fingerprint density at radius 3 is 2.00 bits per heavy atom. The molecule has 0 aliphatic rings. The van der Waals surface area contributed by atoms with E-state index in [9.17, 15) is 4.79 Å². The lowest BCUT2D eigenvalue weighted by atomic mass is 10.2. The molecule has 0 saturated carbocycles. The first-order valence-electron chi connectivity index (χ1n) is 2.48. The fourth-order valence-corrected chi connectivity index (χ4v) is 1.49. The van der Waals surface area contributed by atoms with E-state index in [0.717, 1.165) is 2.95 Å². The van der Waals surface area contributed by atoms with Gasteiger partial charge in [-0.05, 0) is 6.92 Å². The normalized spacial score (nSPS) is 16.9. The summed E-state index contributed by atoms with van der Waals surface area (Å²) in [5, 5.41) is 17.3. The summed E-state index contributed by atoms with van der Waals surface area (Å²) in [4.78, 5) is 10.3. The van der Waals surface area contributed by atoms with Crippen LogP contribution in [0.2, 0.25) is 0 Å². The third kappa shape index (κ3) is 2.96. The fourth-order valence-electron chi connectivity index (χ4n) is 0.453. The molecule has 0 aromatic heterocycles. The van der Waals surface area contributed by atoms with E-state index in [1.807, 2.05) is 0 Å². The number of aliphatic hydroxyl groups excluding tert-OH is 1. The molecule has 0 amide bonds. The second-order valence-corrected chi connectivity index (χ2v) is 4.26. The standard InChI is InChI=1S/C4H7Br2NO3/c1-2(8)3(4(9)10)7(5)6/h2-3,8H,1H3,(H,9,10)/t2-,3+/m1/s1. The van der Waals surface area contributed by atoms with Crippen LogP contribution in [-0.4, -0.2) is 31.3 Å². The van der Waals surface area contributed by atoms with Crippen molar-refractivity contribution in [3.63, 3.8) is 0 Å². The van der Waals surface area contributed by atoms with E-state index in [4.69, 9.17) is 10.2 Å². The van der Waals surface area contributed by atoms with Crippen LogP contribution >= 0.6 is 32.3 Å². The molecule has 0 spiro atoms. The van der Waals surface area contributed by atoms with Gasteiger partial charge in [-0.25, -0.2) is 0 Å². The molecule has 2 N–H and O–H groups in total. The quantitative estimate of drug-likeness (QED) is 0.747. The van der Waals surface area contributed by atoms with Crippen LogP contribution in [0.1, 0.15) is 6.92 Å². The van der Waals surface area contributed by atoms with Crippen molar-refractivity contribution >= 4 is 38.3 Å². The van der Waals surface area contributed by atoms with Crippen molar-refractivity contribution in [2.45, 2.75) is 19.1 Å². The van der Waals surface area contributed by atoms with Gasteiger partial charge >= 0.3 is 5.97 Å². The van der Waals surface area contributed by atoms with Gasteiger partial charge in [0.2, 0.25) is 0 Å². The van der Waals surface area contributed by atoms with Crippen LogP contribution in [0.3, 0.4) is 0 Å². The number of hydrogen-bond donors (Lipinski definition) is 2. The highest BCUT2D eigenvalue weighted by molar-refractivity contribution is 9.21. The molecule has 0 radical (unpaired) electrons. The monoisotopic (exact) mass is 275 g/mol. The summed E-state index contributed by atoms with van der Waals surface area (Å²) in [6.07, 6.45) is -0.934. The highest BCUT2D eigenvalue weighted by atomic mass is 79.9. The molecule has 0 aromatic carbocycles. The molecule has 0 aliphatic heterocycles. The highest BCUT2D eigenvalue weighted by Crippen LogP contribution is 2.15. The average Bonchev–Trinajstić information content (AvgIpc) is 1.59. The zero-order chi connectivity index (χ0) is 8.31. The molecule has 0 heterocycles. The number of hydrogen-bond acceptors (Lipinski definition) is 3. The molecule has 10 heavy (non-hydrogen) atoms. The molecule has 60 valence electrons. The van der Waals surface area contributed by atoms with Crippen molar-refractivity contribution in [1.29, 1.82) is 0 Å². The maximum atomic E-state index is 10.3. The zero-order valence-corrected chi connectivity index (χ0v) is 8.33. The van der Waals surface area contributed by atoms with E-state index in [0.29, 0.717) is 0 Å². The minimum Gasteiger partial charge on any atom is -0.480 e. The smallest absolute Gasteiger partial charge is 0.325 e. The number of carbonyl (C=O) groups is 1. The summed E-state index contributed by atoms with van der Waals surface area (Å²) in [5.74, 6) is -1.09. The van der Waals surface area contributed by atoms with Gasteiger partial charge in [0.15, 0.2) is 6.04 Å². The molecular weight excluding hydrogens is 270 g/mol. The van der Waals surface area contributed by atoms with Gasteiger partial charge < -0.3 is 10.2 Å². The number of carboxylic acid groups (broad SMARTS) is 1. The minimum atomic E-state index is -1.09. The van der Waals surface area contributed by atoms with Crippen molar-refractivity contribution < 1.29 is 15.0 Å². The number of aliphatic hydroxyl groups is 1. The lowest BCUT2D eigenvalue weighted by molar-refractivity contribution is -0.142.